The Bertz CT molecular complexity index is 686. The number of rotatable bonds is 5. The maximum atomic E-state index is 12.2. The molecule has 1 aromatic heterocycles. The van der Waals surface area contributed by atoms with Crippen LogP contribution in [0.4, 0.5) is 13.2 Å². The molecule has 24 heavy (non-hydrogen) atoms. The molecule has 1 fully saturated rings. The van der Waals surface area contributed by atoms with Crippen molar-refractivity contribution in [1.29, 1.82) is 0 Å². The Morgan fingerprint density at radius 3 is 2.88 bits per heavy atom. The third kappa shape index (κ3) is 4.06. The van der Waals surface area contributed by atoms with Gasteiger partial charge >= 0.3 is 6.18 Å². The van der Waals surface area contributed by atoms with Crippen LogP contribution in [0.25, 0.3) is 11.0 Å². The number of piperidine rings is 1. The highest BCUT2D eigenvalue weighted by molar-refractivity contribution is 5.76. The molecule has 1 aliphatic heterocycles. The van der Waals surface area contributed by atoms with Crippen molar-refractivity contribution in [3.8, 4) is 0 Å². The molecule has 1 aromatic carbocycles. The number of imidazole rings is 1. The van der Waals surface area contributed by atoms with Crippen molar-refractivity contribution < 1.29 is 17.9 Å². The van der Waals surface area contributed by atoms with E-state index in [4.69, 9.17) is 10.5 Å². The quantitative estimate of drug-likeness (QED) is 0.819. The number of nitrogens with two attached hydrogens (primary N) is 1. The first kappa shape index (κ1) is 17.2. The molecule has 8 heteroatoms. The van der Waals surface area contributed by atoms with E-state index in [0.717, 1.165) is 36.2 Å². The van der Waals surface area contributed by atoms with Crippen molar-refractivity contribution in [3.05, 3.63) is 30.1 Å². The number of fused-ring (bicyclic) bond motifs is 1. The number of hydrogen-bond donors (Lipinski definition) is 2. The first-order valence-electron chi connectivity index (χ1n) is 8.02. The largest absolute Gasteiger partial charge is 0.411 e. The lowest BCUT2D eigenvalue weighted by Gasteiger charge is -2.28. The van der Waals surface area contributed by atoms with Crippen molar-refractivity contribution in [2.45, 2.75) is 37.6 Å². The maximum Gasteiger partial charge on any atom is 0.411 e. The lowest BCUT2D eigenvalue weighted by Crippen LogP contribution is -2.39. The number of aromatic nitrogens is 2. The van der Waals surface area contributed by atoms with E-state index in [-0.39, 0.29) is 18.7 Å². The summed E-state index contributed by atoms with van der Waals surface area (Å²) in [6.45, 7) is -0.133. The molecule has 1 saturated heterocycles. The van der Waals surface area contributed by atoms with E-state index in [1.54, 1.807) is 0 Å². The fourth-order valence-corrected chi connectivity index (χ4v) is 3.08. The van der Waals surface area contributed by atoms with E-state index in [9.17, 15) is 13.2 Å². The van der Waals surface area contributed by atoms with Gasteiger partial charge < -0.3 is 20.4 Å². The summed E-state index contributed by atoms with van der Waals surface area (Å²) in [7, 11) is 0. The standard InChI is InChI=1S/C16H21F3N4O/c17-16(18,19)10-24-8-7-23-14-4-2-1-3-12(14)22-15(23)13-9-11(20)5-6-21-13/h1-4,11,13,21H,5-10,20H2. The van der Waals surface area contributed by atoms with Gasteiger partial charge in [0.25, 0.3) is 0 Å². The SMILES string of the molecule is NC1CCNC(c2nc3ccccc3n2CCOCC(F)(F)F)C1. The van der Waals surface area contributed by atoms with Crippen molar-refractivity contribution >= 4 is 11.0 Å². The summed E-state index contributed by atoms with van der Waals surface area (Å²) < 4.78 is 43.4. The molecule has 132 valence electrons. The molecule has 1 aliphatic rings. The Kier molecular flexibility index (Phi) is 5.07. The van der Waals surface area contributed by atoms with Crippen LogP contribution in [0.3, 0.4) is 0 Å². The molecule has 0 aliphatic carbocycles. The van der Waals surface area contributed by atoms with Gasteiger partial charge in [-0.3, -0.25) is 0 Å². The van der Waals surface area contributed by atoms with Crippen LogP contribution in [-0.4, -0.2) is 41.5 Å². The van der Waals surface area contributed by atoms with Gasteiger partial charge in [0.15, 0.2) is 0 Å². The summed E-state index contributed by atoms with van der Waals surface area (Å²) in [5, 5.41) is 3.40. The molecule has 3 N–H and O–H groups in total. The second kappa shape index (κ2) is 7.08. The summed E-state index contributed by atoms with van der Waals surface area (Å²) in [5.41, 5.74) is 7.77. The van der Waals surface area contributed by atoms with Gasteiger partial charge in [0.1, 0.15) is 12.4 Å². The van der Waals surface area contributed by atoms with Crippen LogP contribution in [0.2, 0.25) is 0 Å². The monoisotopic (exact) mass is 342 g/mol. The topological polar surface area (TPSA) is 65.1 Å². The van der Waals surface area contributed by atoms with Crippen LogP contribution >= 0.6 is 0 Å². The molecule has 2 unspecified atom stereocenters. The Morgan fingerprint density at radius 1 is 1.33 bits per heavy atom. The summed E-state index contributed by atoms with van der Waals surface area (Å²) >= 11 is 0. The Balaban J connectivity index is 1.80. The van der Waals surface area contributed by atoms with Gasteiger partial charge in [-0.05, 0) is 31.5 Å². The average Bonchev–Trinajstić information content (AvgIpc) is 2.89. The van der Waals surface area contributed by atoms with Crippen molar-refractivity contribution in [1.82, 2.24) is 14.9 Å². The summed E-state index contributed by atoms with van der Waals surface area (Å²) in [6.07, 6.45) is -2.64. The van der Waals surface area contributed by atoms with Gasteiger partial charge in [0.2, 0.25) is 0 Å². The van der Waals surface area contributed by atoms with E-state index in [1.165, 1.54) is 0 Å². The number of hydrogen-bond acceptors (Lipinski definition) is 4. The van der Waals surface area contributed by atoms with Crippen molar-refractivity contribution in [2.75, 3.05) is 19.8 Å². The number of benzene rings is 1. The minimum absolute atomic E-state index is 0.00349. The van der Waals surface area contributed by atoms with Gasteiger partial charge in [0.05, 0.1) is 23.7 Å². The second-order valence-corrected chi connectivity index (χ2v) is 6.07. The number of nitrogens with one attached hydrogen (secondary N) is 1. The highest BCUT2D eigenvalue weighted by atomic mass is 19.4. The molecule has 0 bridgehead atoms. The highest BCUT2D eigenvalue weighted by Gasteiger charge is 2.28. The van der Waals surface area contributed by atoms with Crippen LogP contribution in [0.5, 0.6) is 0 Å². The zero-order valence-electron chi connectivity index (χ0n) is 13.2. The summed E-state index contributed by atoms with van der Waals surface area (Å²) in [6, 6.07) is 7.70. The normalized spacial score (nSPS) is 22.2. The highest BCUT2D eigenvalue weighted by Crippen LogP contribution is 2.26. The molecule has 0 spiro atoms. The first-order chi connectivity index (χ1) is 11.4. The molecule has 2 atom stereocenters. The maximum absolute atomic E-state index is 12.2. The van der Waals surface area contributed by atoms with Crippen LogP contribution in [-0.2, 0) is 11.3 Å². The predicted molar refractivity (Wildman–Crippen MR) is 84.6 cm³/mol. The van der Waals surface area contributed by atoms with Crippen LogP contribution < -0.4 is 11.1 Å². The molecular weight excluding hydrogens is 321 g/mol. The van der Waals surface area contributed by atoms with E-state index < -0.39 is 12.8 Å². The number of nitrogens with zero attached hydrogens (tertiary/aromatic N) is 2. The van der Waals surface area contributed by atoms with E-state index in [1.807, 2.05) is 28.8 Å². The van der Waals surface area contributed by atoms with Gasteiger partial charge in [-0.15, -0.1) is 0 Å². The first-order valence-corrected chi connectivity index (χ1v) is 8.02. The molecule has 2 heterocycles. The van der Waals surface area contributed by atoms with E-state index >= 15 is 0 Å². The lowest BCUT2D eigenvalue weighted by atomic mass is 10.00. The Hall–Kier alpha value is -1.64. The van der Waals surface area contributed by atoms with Gasteiger partial charge in [0, 0.05) is 12.6 Å². The predicted octanol–water partition coefficient (Wildman–Crippen LogP) is 2.37. The average molecular weight is 342 g/mol. The number of ether oxygens (including phenoxy) is 1. The molecule has 0 radical (unpaired) electrons. The Morgan fingerprint density at radius 2 is 2.12 bits per heavy atom. The Labute approximate surface area is 138 Å². The van der Waals surface area contributed by atoms with Crippen molar-refractivity contribution in [3.63, 3.8) is 0 Å². The third-order valence-electron chi connectivity index (χ3n) is 4.17. The van der Waals surface area contributed by atoms with E-state index in [2.05, 4.69) is 10.3 Å². The third-order valence-corrected chi connectivity index (χ3v) is 4.17. The second-order valence-electron chi connectivity index (χ2n) is 6.07. The van der Waals surface area contributed by atoms with E-state index in [0.29, 0.717) is 6.54 Å². The van der Waals surface area contributed by atoms with Crippen LogP contribution in [0.1, 0.15) is 24.7 Å². The molecular formula is C16H21F3N4O. The van der Waals surface area contributed by atoms with Gasteiger partial charge in [-0.25, -0.2) is 4.98 Å². The molecule has 0 amide bonds. The summed E-state index contributed by atoms with van der Waals surface area (Å²) in [4.78, 5) is 4.67. The zero-order chi connectivity index (χ0) is 17.2. The minimum Gasteiger partial charge on any atom is -0.370 e. The van der Waals surface area contributed by atoms with Gasteiger partial charge in [-0.1, -0.05) is 12.1 Å². The molecule has 3 rings (SSSR count). The van der Waals surface area contributed by atoms with Gasteiger partial charge in [-0.2, -0.15) is 13.2 Å². The number of alkyl halides is 3. The fraction of sp³-hybridized carbons (Fsp3) is 0.562. The fourth-order valence-electron chi connectivity index (χ4n) is 3.08. The molecule has 2 aromatic rings. The van der Waals surface area contributed by atoms with Crippen LogP contribution in [0, 0.1) is 0 Å². The molecule has 0 saturated carbocycles. The summed E-state index contributed by atoms with van der Waals surface area (Å²) in [5.74, 6) is 0.807. The number of para-hydroxylation sites is 2. The van der Waals surface area contributed by atoms with Crippen LogP contribution in [0.15, 0.2) is 24.3 Å². The number of halogens is 3. The lowest BCUT2D eigenvalue weighted by molar-refractivity contribution is -0.174. The molecule has 5 nitrogen and oxygen atoms in total. The van der Waals surface area contributed by atoms with Crippen molar-refractivity contribution in [2.24, 2.45) is 5.73 Å². The zero-order valence-corrected chi connectivity index (χ0v) is 13.2. The minimum atomic E-state index is -4.31. The smallest absolute Gasteiger partial charge is 0.370 e.